The van der Waals surface area contributed by atoms with Gasteiger partial charge in [0.25, 0.3) is 5.91 Å². The summed E-state index contributed by atoms with van der Waals surface area (Å²) in [6.07, 6.45) is 18.2. The van der Waals surface area contributed by atoms with Crippen LogP contribution in [0.5, 0.6) is 0 Å². The topological polar surface area (TPSA) is 69.2 Å². The van der Waals surface area contributed by atoms with E-state index in [9.17, 15) is 14.7 Å². The zero-order valence-corrected chi connectivity index (χ0v) is 20.6. The molecule has 0 unspecified atom stereocenters. The molecule has 0 aliphatic heterocycles. The summed E-state index contributed by atoms with van der Waals surface area (Å²) in [5.74, 6) is -1.66. The maximum absolute atomic E-state index is 12.1. The van der Waals surface area contributed by atoms with Crippen molar-refractivity contribution in [3.8, 4) is 0 Å². The van der Waals surface area contributed by atoms with Gasteiger partial charge in [0.15, 0.2) is 0 Å². The number of benzene rings is 1. The number of carboxylic acid groups (broad SMARTS) is 1. The van der Waals surface area contributed by atoms with Crippen LogP contribution in [0, 0.1) is 0 Å². The van der Waals surface area contributed by atoms with Gasteiger partial charge in [-0.05, 0) is 12.5 Å². The average Bonchev–Trinajstić information content (AvgIpc) is 2.70. The molecule has 4 nitrogen and oxygen atoms in total. The molecule has 29 heavy (non-hydrogen) atoms. The van der Waals surface area contributed by atoms with Crippen molar-refractivity contribution in [1.29, 1.82) is 0 Å². The molecule has 1 aromatic rings. The first-order valence-corrected chi connectivity index (χ1v) is 11.3. The number of carbonyl (C=O) groups is 2. The zero-order chi connectivity index (χ0) is 20.5. The Kier molecular flexibility index (Phi) is 18.6. The molecule has 0 atom stereocenters. The van der Waals surface area contributed by atoms with E-state index in [0.29, 0.717) is 6.54 Å². The zero-order valence-electron chi connectivity index (χ0n) is 18.6. The van der Waals surface area contributed by atoms with Gasteiger partial charge in [0.05, 0.1) is 5.97 Å². The van der Waals surface area contributed by atoms with Crippen LogP contribution in [0.15, 0.2) is 24.3 Å². The van der Waals surface area contributed by atoms with E-state index in [0.717, 1.165) is 12.8 Å². The number of hydrogen-bond donors (Lipinski definition) is 1. The van der Waals surface area contributed by atoms with E-state index in [1.807, 2.05) is 0 Å². The quantitative estimate of drug-likeness (QED) is 0.316. The molecule has 0 saturated heterocycles. The Hall–Kier alpha value is -0.840. The van der Waals surface area contributed by atoms with Crippen LogP contribution < -0.4 is 40.0 Å². The molecular weight excluding hydrogens is 373 g/mol. The Balaban J connectivity index is 0.00000784. The molecule has 1 rings (SSSR count). The van der Waals surface area contributed by atoms with Gasteiger partial charge in [-0.2, -0.15) is 0 Å². The number of rotatable bonds is 17. The second kappa shape index (κ2) is 19.1. The van der Waals surface area contributed by atoms with Gasteiger partial charge in [-0.1, -0.05) is 109 Å². The molecule has 0 radical (unpaired) electrons. The van der Waals surface area contributed by atoms with Crippen molar-refractivity contribution in [2.45, 2.75) is 96.8 Å². The molecule has 0 aliphatic carbocycles. The van der Waals surface area contributed by atoms with Gasteiger partial charge in [0.1, 0.15) is 0 Å². The fourth-order valence-electron chi connectivity index (χ4n) is 3.48. The third-order valence-corrected chi connectivity index (χ3v) is 5.21. The summed E-state index contributed by atoms with van der Waals surface area (Å²) >= 11 is 0. The van der Waals surface area contributed by atoms with Crippen LogP contribution in [0.4, 0.5) is 0 Å². The third-order valence-electron chi connectivity index (χ3n) is 5.21. The van der Waals surface area contributed by atoms with E-state index in [-0.39, 0.29) is 46.6 Å². The predicted molar refractivity (Wildman–Crippen MR) is 113 cm³/mol. The van der Waals surface area contributed by atoms with Gasteiger partial charge < -0.3 is 15.2 Å². The van der Waals surface area contributed by atoms with Gasteiger partial charge >= 0.3 is 29.6 Å². The number of hydrogen-bond acceptors (Lipinski definition) is 3. The van der Waals surface area contributed by atoms with Crippen molar-refractivity contribution in [3.63, 3.8) is 0 Å². The maximum Gasteiger partial charge on any atom is 1.00 e. The summed E-state index contributed by atoms with van der Waals surface area (Å²) < 4.78 is 0. The van der Waals surface area contributed by atoms with Crippen molar-refractivity contribution in [3.05, 3.63) is 35.4 Å². The van der Waals surface area contributed by atoms with Crippen molar-refractivity contribution in [2.75, 3.05) is 6.54 Å². The largest absolute Gasteiger partial charge is 1.00 e. The molecular formula is C24H38NNaO3. The van der Waals surface area contributed by atoms with Crippen LogP contribution in [0.2, 0.25) is 0 Å². The van der Waals surface area contributed by atoms with E-state index >= 15 is 0 Å². The molecule has 158 valence electrons. The predicted octanol–water partition coefficient (Wildman–Crippen LogP) is 2.27. The molecule has 0 spiro atoms. The first-order valence-electron chi connectivity index (χ1n) is 11.3. The first kappa shape index (κ1) is 28.2. The SMILES string of the molecule is CCCCCCCCCCCCCCCCNC(=O)c1ccccc1C(=O)[O-].[Na+]. The summed E-state index contributed by atoms with van der Waals surface area (Å²) in [5, 5.41) is 13.9. The number of aromatic carboxylic acids is 1. The van der Waals surface area contributed by atoms with Crippen LogP contribution >= 0.6 is 0 Å². The Morgan fingerprint density at radius 2 is 1.14 bits per heavy atom. The molecule has 0 heterocycles. The van der Waals surface area contributed by atoms with Crippen molar-refractivity contribution in [2.24, 2.45) is 0 Å². The van der Waals surface area contributed by atoms with E-state index in [4.69, 9.17) is 0 Å². The summed E-state index contributed by atoms with van der Waals surface area (Å²) in [7, 11) is 0. The minimum absolute atomic E-state index is 0. The fraction of sp³-hybridized carbons (Fsp3) is 0.667. The smallest absolute Gasteiger partial charge is 0.545 e. The number of amides is 1. The minimum atomic E-state index is -1.32. The van der Waals surface area contributed by atoms with Gasteiger partial charge in [0.2, 0.25) is 0 Å². The standard InChI is InChI=1S/C24H39NO3.Na/c1-2-3-4-5-6-7-8-9-10-11-12-13-14-17-20-25-23(26)21-18-15-16-19-22(21)24(27)28;/h15-16,18-19H,2-14,17,20H2,1H3,(H,25,26)(H,27,28);/q;+1/p-1. The average molecular weight is 412 g/mol. The molecule has 1 N–H and O–H groups in total. The Bertz CT molecular complexity index is 563. The Labute approximate surface area is 199 Å². The Morgan fingerprint density at radius 3 is 1.59 bits per heavy atom. The van der Waals surface area contributed by atoms with Crippen LogP contribution in [0.1, 0.15) is 118 Å². The number of carbonyl (C=O) groups excluding carboxylic acids is 2. The molecule has 0 fully saturated rings. The van der Waals surface area contributed by atoms with Crippen LogP contribution in [0.25, 0.3) is 0 Å². The fourth-order valence-corrected chi connectivity index (χ4v) is 3.48. The van der Waals surface area contributed by atoms with Crippen LogP contribution in [-0.2, 0) is 0 Å². The van der Waals surface area contributed by atoms with Crippen molar-refractivity contribution in [1.82, 2.24) is 5.32 Å². The van der Waals surface area contributed by atoms with Crippen LogP contribution in [0.3, 0.4) is 0 Å². The molecule has 0 saturated carbocycles. The summed E-state index contributed by atoms with van der Waals surface area (Å²) in [5.41, 5.74) is 0.119. The molecule has 0 bridgehead atoms. The van der Waals surface area contributed by atoms with E-state index < -0.39 is 5.97 Å². The molecule has 0 aromatic heterocycles. The third kappa shape index (κ3) is 13.9. The molecule has 1 amide bonds. The number of carboxylic acids is 1. The van der Waals surface area contributed by atoms with Crippen molar-refractivity contribution < 1.29 is 44.3 Å². The first-order chi connectivity index (χ1) is 13.7. The Morgan fingerprint density at radius 1 is 0.724 bits per heavy atom. The van der Waals surface area contributed by atoms with Gasteiger partial charge in [-0.25, -0.2) is 0 Å². The second-order valence-electron chi connectivity index (χ2n) is 7.69. The molecule has 5 heteroatoms. The van der Waals surface area contributed by atoms with E-state index in [2.05, 4.69) is 12.2 Å². The molecule has 1 aromatic carbocycles. The van der Waals surface area contributed by atoms with E-state index in [1.165, 1.54) is 89.2 Å². The van der Waals surface area contributed by atoms with Crippen molar-refractivity contribution >= 4 is 11.9 Å². The van der Waals surface area contributed by atoms with Crippen LogP contribution in [-0.4, -0.2) is 18.4 Å². The maximum atomic E-state index is 12.1. The van der Waals surface area contributed by atoms with Gasteiger partial charge in [-0.3, -0.25) is 4.79 Å². The van der Waals surface area contributed by atoms with E-state index in [1.54, 1.807) is 12.1 Å². The minimum Gasteiger partial charge on any atom is -0.545 e. The second-order valence-corrected chi connectivity index (χ2v) is 7.69. The summed E-state index contributed by atoms with van der Waals surface area (Å²) in [6, 6.07) is 6.17. The number of unbranched alkanes of at least 4 members (excludes halogenated alkanes) is 13. The van der Waals surface area contributed by atoms with Gasteiger partial charge in [0, 0.05) is 17.7 Å². The monoisotopic (exact) mass is 411 g/mol. The normalized spacial score (nSPS) is 10.4. The summed E-state index contributed by atoms with van der Waals surface area (Å²) in [6.45, 7) is 2.84. The summed E-state index contributed by atoms with van der Waals surface area (Å²) in [4.78, 5) is 23.1. The number of nitrogens with one attached hydrogen (secondary N) is 1. The van der Waals surface area contributed by atoms with Gasteiger partial charge in [-0.15, -0.1) is 0 Å². The molecule has 0 aliphatic rings.